The summed E-state index contributed by atoms with van der Waals surface area (Å²) in [5, 5.41) is 2.62. The summed E-state index contributed by atoms with van der Waals surface area (Å²) >= 11 is 0. The number of hydrogen-bond donors (Lipinski definition) is 1. The average molecular weight is 288 g/mol. The molecule has 0 saturated heterocycles. The molecule has 1 amide bonds. The highest BCUT2D eigenvalue weighted by Crippen LogP contribution is 2.16. The van der Waals surface area contributed by atoms with Crippen molar-refractivity contribution in [1.29, 1.82) is 0 Å². The number of amides is 1. The third-order valence-electron chi connectivity index (χ3n) is 2.49. The topological polar surface area (TPSA) is 79.6 Å². The molecule has 0 aliphatic carbocycles. The predicted molar refractivity (Wildman–Crippen MR) is 72.3 cm³/mol. The van der Waals surface area contributed by atoms with E-state index in [4.69, 9.17) is 4.42 Å². The summed E-state index contributed by atoms with van der Waals surface area (Å²) in [6, 6.07) is 3.17. The first-order valence-electron chi connectivity index (χ1n) is 5.92. The molecule has 1 aromatic heterocycles. The second-order valence-corrected chi connectivity index (χ2v) is 7.15. The Morgan fingerprint density at radius 2 is 2.05 bits per heavy atom. The lowest BCUT2D eigenvalue weighted by Gasteiger charge is -2.33. The molecule has 0 aliphatic rings. The molecule has 0 aromatic carbocycles. The van der Waals surface area contributed by atoms with Gasteiger partial charge in [-0.25, -0.2) is 8.42 Å². The molecule has 0 aliphatic heterocycles. The molecule has 6 nitrogen and oxygen atoms in total. The highest BCUT2D eigenvalue weighted by molar-refractivity contribution is 7.88. The maximum Gasteiger partial charge on any atom is 0.287 e. The van der Waals surface area contributed by atoms with Crippen molar-refractivity contribution in [2.75, 3.05) is 19.3 Å². The summed E-state index contributed by atoms with van der Waals surface area (Å²) in [7, 11) is -3.32. The first-order chi connectivity index (χ1) is 8.62. The maximum absolute atomic E-state index is 11.7. The van der Waals surface area contributed by atoms with Gasteiger partial charge in [-0.2, -0.15) is 4.31 Å². The molecule has 7 heteroatoms. The van der Waals surface area contributed by atoms with Gasteiger partial charge in [0.15, 0.2) is 5.76 Å². The van der Waals surface area contributed by atoms with Crippen LogP contribution in [-0.4, -0.2) is 43.5 Å². The van der Waals surface area contributed by atoms with Gasteiger partial charge in [-0.05, 0) is 32.9 Å². The Morgan fingerprint density at radius 3 is 2.47 bits per heavy atom. The zero-order valence-corrected chi connectivity index (χ0v) is 12.5. The number of furan rings is 1. The zero-order chi connectivity index (χ0) is 14.7. The first kappa shape index (κ1) is 15.7. The van der Waals surface area contributed by atoms with Crippen LogP contribution >= 0.6 is 0 Å². The third-order valence-corrected chi connectivity index (χ3v) is 4.02. The summed E-state index contributed by atoms with van der Waals surface area (Å²) in [6.07, 6.45) is 2.57. The minimum absolute atomic E-state index is 0.210. The summed E-state index contributed by atoms with van der Waals surface area (Å²) < 4.78 is 29.6. The van der Waals surface area contributed by atoms with Crippen molar-refractivity contribution in [2.24, 2.45) is 0 Å². The van der Waals surface area contributed by atoms with Crippen molar-refractivity contribution in [3.63, 3.8) is 0 Å². The maximum atomic E-state index is 11.7. The zero-order valence-electron chi connectivity index (χ0n) is 11.6. The Morgan fingerprint density at radius 1 is 1.42 bits per heavy atom. The van der Waals surface area contributed by atoms with Crippen LogP contribution in [0.3, 0.4) is 0 Å². The van der Waals surface area contributed by atoms with E-state index >= 15 is 0 Å². The predicted octanol–water partition coefficient (Wildman–Crippen LogP) is 1.07. The van der Waals surface area contributed by atoms with Crippen LogP contribution < -0.4 is 5.32 Å². The van der Waals surface area contributed by atoms with Gasteiger partial charge in [0.2, 0.25) is 10.0 Å². The SMILES string of the molecule is CC(C)(C)N(CCNC(=O)c1ccco1)S(C)(=O)=O. The molecule has 1 rings (SSSR count). The molecule has 0 atom stereocenters. The van der Waals surface area contributed by atoms with Crippen LogP contribution in [0, 0.1) is 0 Å². The van der Waals surface area contributed by atoms with E-state index in [0.717, 1.165) is 6.26 Å². The van der Waals surface area contributed by atoms with Gasteiger partial charge in [0, 0.05) is 18.6 Å². The van der Waals surface area contributed by atoms with Crippen LogP contribution in [0.5, 0.6) is 0 Å². The number of hydrogen-bond acceptors (Lipinski definition) is 4. The van der Waals surface area contributed by atoms with Gasteiger partial charge < -0.3 is 9.73 Å². The van der Waals surface area contributed by atoms with Crippen LogP contribution in [-0.2, 0) is 10.0 Å². The van der Waals surface area contributed by atoms with E-state index in [0.29, 0.717) is 0 Å². The van der Waals surface area contributed by atoms with Crippen molar-refractivity contribution in [1.82, 2.24) is 9.62 Å². The van der Waals surface area contributed by atoms with E-state index in [1.54, 1.807) is 12.1 Å². The van der Waals surface area contributed by atoms with Crippen molar-refractivity contribution in [2.45, 2.75) is 26.3 Å². The fourth-order valence-corrected chi connectivity index (χ4v) is 3.18. The molecule has 1 N–H and O–H groups in total. The molecule has 0 spiro atoms. The summed E-state index contributed by atoms with van der Waals surface area (Å²) in [5.41, 5.74) is -0.525. The van der Waals surface area contributed by atoms with Gasteiger partial charge in [0.1, 0.15) is 0 Å². The van der Waals surface area contributed by atoms with E-state index < -0.39 is 15.6 Å². The van der Waals surface area contributed by atoms with Gasteiger partial charge in [-0.1, -0.05) is 0 Å². The lowest BCUT2D eigenvalue weighted by Crippen LogP contribution is -2.48. The third kappa shape index (κ3) is 4.68. The molecule has 108 valence electrons. The Hall–Kier alpha value is -1.34. The highest BCUT2D eigenvalue weighted by Gasteiger charge is 2.29. The van der Waals surface area contributed by atoms with E-state index in [2.05, 4.69) is 5.32 Å². The molecular formula is C12H20N2O4S. The van der Waals surface area contributed by atoms with Crippen LogP contribution in [0.2, 0.25) is 0 Å². The minimum Gasteiger partial charge on any atom is -0.459 e. The monoisotopic (exact) mass is 288 g/mol. The van der Waals surface area contributed by atoms with Crippen LogP contribution in [0.15, 0.2) is 22.8 Å². The van der Waals surface area contributed by atoms with E-state index in [-0.39, 0.29) is 24.8 Å². The molecule has 1 heterocycles. The summed E-state index contributed by atoms with van der Waals surface area (Å²) in [4.78, 5) is 11.6. The normalized spacial score (nSPS) is 12.7. The number of carbonyl (C=O) groups is 1. The highest BCUT2D eigenvalue weighted by atomic mass is 32.2. The summed E-state index contributed by atoms with van der Waals surface area (Å²) in [6.45, 7) is 5.87. The van der Waals surface area contributed by atoms with Gasteiger partial charge >= 0.3 is 0 Å². The molecule has 0 fully saturated rings. The average Bonchev–Trinajstić information content (AvgIpc) is 2.73. The van der Waals surface area contributed by atoms with E-state index in [1.165, 1.54) is 10.6 Å². The van der Waals surface area contributed by atoms with Gasteiger partial charge in [0.25, 0.3) is 5.91 Å². The minimum atomic E-state index is -3.32. The first-order valence-corrected chi connectivity index (χ1v) is 7.77. The summed E-state index contributed by atoms with van der Waals surface area (Å²) in [5.74, 6) is -0.144. The van der Waals surface area contributed by atoms with Crippen molar-refractivity contribution < 1.29 is 17.6 Å². The fourth-order valence-electron chi connectivity index (χ4n) is 1.76. The lowest BCUT2D eigenvalue weighted by atomic mass is 10.1. The van der Waals surface area contributed by atoms with Gasteiger partial charge in [0.05, 0.1) is 12.5 Å². The Labute approximate surface area is 113 Å². The Bertz CT molecular complexity index is 514. The van der Waals surface area contributed by atoms with Crippen molar-refractivity contribution in [3.05, 3.63) is 24.2 Å². The van der Waals surface area contributed by atoms with Crippen molar-refractivity contribution >= 4 is 15.9 Å². The second-order valence-electron chi connectivity index (χ2n) is 5.24. The standard InChI is InChI=1S/C12H20N2O4S/c1-12(2,3)14(19(4,16)17)8-7-13-11(15)10-6-5-9-18-10/h5-6,9H,7-8H2,1-4H3,(H,13,15). The number of rotatable bonds is 5. The number of sulfonamides is 1. The Balaban J connectivity index is 2.57. The molecule has 0 unspecified atom stereocenters. The van der Waals surface area contributed by atoms with Crippen LogP contribution in [0.4, 0.5) is 0 Å². The molecule has 1 aromatic rings. The number of nitrogens with zero attached hydrogens (tertiary/aromatic N) is 1. The Kier molecular flexibility index (Phi) is 4.75. The second kappa shape index (κ2) is 5.75. The van der Waals surface area contributed by atoms with E-state index in [1.807, 2.05) is 20.8 Å². The number of carbonyl (C=O) groups excluding carboxylic acids is 1. The lowest BCUT2D eigenvalue weighted by molar-refractivity contribution is 0.0920. The molecule has 19 heavy (non-hydrogen) atoms. The molecular weight excluding hydrogens is 268 g/mol. The quantitative estimate of drug-likeness (QED) is 0.879. The fraction of sp³-hybridized carbons (Fsp3) is 0.583. The van der Waals surface area contributed by atoms with Gasteiger partial charge in [-0.15, -0.1) is 0 Å². The van der Waals surface area contributed by atoms with Crippen molar-refractivity contribution in [3.8, 4) is 0 Å². The molecule has 0 radical (unpaired) electrons. The molecule has 0 saturated carbocycles. The largest absolute Gasteiger partial charge is 0.459 e. The molecule has 0 bridgehead atoms. The van der Waals surface area contributed by atoms with Crippen LogP contribution in [0.25, 0.3) is 0 Å². The van der Waals surface area contributed by atoms with Gasteiger partial charge in [-0.3, -0.25) is 4.79 Å². The number of nitrogens with one attached hydrogen (secondary N) is 1. The van der Waals surface area contributed by atoms with E-state index in [9.17, 15) is 13.2 Å². The van der Waals surface area contributed by atoms with Crippen LogP contribution in [0.1, 0.15) is 31.3 Å². The smallest absolute Gasteiger partial charge is 0.287 e.